The van der Waals surface area contributed by atoms with Crippen molar-refractivity contribution in [2.75, 3.05) is 34.4 Å². The van der Waals surface area contributed by atoms with Crippen molar-refractivity contribution < 1.29 is 57.9 Å². The smallest absolute Gasteiger partial charge is 0.320 e. The van der Waals surface area contributed by atoms with Crippen molar-refractivity contribution in [1.82, 2.24) is 4.90 Å². The summed E-state index contributed by atoms with van der Waals surface area (Å²) in [5.74, 6) is -4.93. The van der Waals surface area contributed by atoms with Crippen LogP contribution < -0.4 is 5.73 Å². The van der Waals surface area contributed by atoms with Gasteiger partial charge in [-0.15, -0.1) is 0 Å². The zero-order valence-corrected chi connectivity index (χ0v) is 43.4. The molecule has 14 heteroatoms. The van der Waals surface area contributed by atoms with E-state index in [1.165, 1.54) is 12.0 Å². The molecule has 2 aliphatic heterocycles. The van der Waals surface area contributed by atoms with Gasteiger partial charge in [-0.3, -0.25) is 28.8 Å². The fourth-order valence-electron chi connectivity index (χ4n) is 11.5. The monoisotopic (exact) mass is 967 g/mol. The van der Waals surface area contributed by atoms with Crippen LogP contribution in [0.5, 0.6) is 0 Å². The quantitative estimate of drug-likeness (QED) is 0.127. The maximum Gasteiger partial charge on any atom is 0.320 e. The zero-order chi connectivity index (χ0) is 51.2. The molecule has 1 saturated heterocycles. The minimum absolute atomic E-state index is 0.0142. The number of carbonyl (C=O) groups is 6. The van der Waals surface area contributed by atoms with Crippen LogP contribution in [-0.2, 0) is 47.7 Å². The van der Waals surface area contributed by atoms with Crippen LogP contribution in [0, 0.1) is 47.3 Å². The lowest BCUT2D eigenvalue weighted by Gasteiger charge is -2.43. The molecule has 2 saturated carbocycles. The number of nitrogens with zero attached hydrogens (tertiary/aromatic N) is 1. The second kappa shape index (κ2) is 27.2. The Morgan fingerprint density at radius 1 is 0.841 bits per heavy atom. The highest BCUT2D eigenvalue weighted by atomic mass is 16.6. The average Bonchev–Trinajstić information content (AvgIpc) is 3.33. The Balaban J connectivity index is 1.70. The molecule has 388 valence electrons. The summed E-state index contributed by atoms with van der Waals surface area (Å²) in [5, 5.41) is 23.7. The molecular formula is C55H86N2O12. The molecule has 0 aromatic carbocycles. The van der Waals surface area contributed by atoms with Gasteiger partial charge >= 0.3 is 5.97 Å². The largest absolute Gasteiger partial charge is 0.459 e. The Labute approximate surface area is 412 Å². The Kier molecular flexibility index (Phi) is 22.9. The number of methoxy groups -OCH3 is 3. The van der Waals surface area contributed by atoms with Crippen molar-refractivity contribution in [3.63, 3.8) is 0 Å². The van der Waals surface area contributed by atoms with Gasteiger partial charge < -0.3 is 39.8 Å². The number of rotatable bonds is 8. The number of ether oxygens (including phenoxy) is 4. The first-order valence-electron chi connectivity index (χ1n) is 25.7. The number of allylic oxidation sites excluding steroid dienone is 6. The molecular weight excluding hydrogens is 881 g/mol. The number of carbonyl (C=O) groups excluding carboxylic acids is 6. The third kappa shape index (κ3) is 15.7. The van der Waals surface area contributed by atoms with E-state index < -0.39 is 71.3 Å². The molecule has 2 bridgehead atoms. The van der Waals surface area contributed by atoms with Crippen LogP contribution in [0.4, 0.5) is 0 Å². The second-order valence-corrected chi connectivity index (χ2v) is 21.3. The van der Waals surface area contributed by atoms with E-state index in [-0.39, 0.29) is 85.6 Å². The molecule has 4 aliphatic rings. The molecule has 4 rings (SSSR count). The highest BCUT2D eigenvalue weighted by molar-refractivity contribution is 6.39. The lowest BCUT2D eigenvalue weighted by Crippen LogP contribution is -2.59. The van der Waals surface area contributed by atoms with E-state index in [4.69, 9.17) is 24.7 Å². The van der Waals surface area contributed by atoms with Gasteiger partial charge in [-0.25, -0.2) is 0 Å². The predicted octanol–water partition coefficient (Wildman–Crippen LogP) is 7.02. The number of hydrogen-bond acceptors (Lipinski definition) is 13. The maximum atomic E-state index is 14.7. The van der Waals surface area contributed by atoms with E-state index in [2.05, 4.69) is 0 Å². The van der Waals surface area contributed by atoms with E-state index in [9.17, 15) is 39.0 Å². The summed E-state index contributed by atoms with van der Waals surface area (Å²) >= 11 is 0. The lowest BCUT2D eigenvalue weighted by molar-refractivity contribution is -0.165. The first-order chi connectivity index (χ1) is 32.7. The molecule has 0 aromatic rings. The van der Waals surface area contributed by atoms with Crippen LogP contribution in [0.2, 0.25) is 0 Å². The molecule has 0 spiro atoms. The Hall–Kier alpha value is -3.66. The molecule has 1 amide bonds. The highest BCUT2D eigenvalue weighted by Crippen LogP contribution is 2.42. The summed E-state index contributed by atoms with van der Waals surface area (Å²) in [4.78, 5) is 85.1. The highest BCUT2D eigenvalue weighted by Gasteiger charge is 2.51. The number of Topliss-reactive ketones (excluding diaryl/α,β-unsaturated/α-hetero) is 4. The van der Waals surface area contributed by atoms with Gasteiger partial charge in [0.05, 0.1) is 24.8 Å². The van der Waals surface area contributed by atoms with Crippen LogP contribution in [0.1, 0.15) is 138 Å². The number of amides is 1. The molecule has 15 atom stereocenters. The van der Waals surface area contributed by atoms with Crippen molar-refractivity contribution in [3.05, 3.63) is 47.6 Å². The Morgan fingerprint density at radius 3 is 2.22 bits per heavy atom. The van der Waals surface area contributed by atoms with Gasteiger partial charge in [0.25, 0.3) is 11.7 Å². The van der Waals surface area contributed by atoms with Crippen LogP contribution in [-0.4, -0.2) is 127 Å². The van der Waals surface area contributed by atoms with Crippen LogP contribution >= 0.6 is 0 Å². The topological polar surface area (TPSA) is 209 Å². The van der Waals surface area contributed by atoms with Crippen molar-refractivity contribution in [1.29, 1.82) is 0 Å². The maximum absolute atomic E-state index is 14.7. The number of fused-ring (bicyclic) bond motifs is 3. The van der Waals surface area contributed by atoms with Gasteiger partial charge in [0.15, 0.2) is 11.6 Å². The molecule has 14 nitrogen and oxygen atoms in total. The summed E-state index contributed by atoms with van der Waals surface area (Å²) in [6, 6.07) is -0.892. The van der Waals surface area contributed by atoms with Crippen molar-refractivity contribution in [2.24, 2.45) is 53.1 Å². The van der Waals surface area contributed by atoms with Gasteiger partial charge in [0, 0.05) is 52.6 Å². The zero-order valence-electron chi connectivity index (χ0n) is 43.4. The Bertz CT molecular complexity index is 1890. The van der Waals surface area contributed by atoms with Crippen LogP contribution in [0.15, 0.2) is 47.6 Å². The predicted molar refractivity (Wildman–Crippen MR) is 265 cm³/mol. The fraction of sp³-hybridized carbons (Fsp3) is 0.745. The first-order valence-corrected chi connectivity index (χ1v) is 25.7. The number of piperidine rings is 1. The molecule has 1 unspecified atom stereocenters. The lowest BCUT2D eigenvalue weighted by atomic mass is 9.67. The second-order valence-electron chi connectivity index (χ2n) is 21.3. The molecule has 2 aliphatic carbocycles. The van der Waals surface area contributed by atoms with Gasteiger partial charge in [0.2, 0.25) is 0 Å². The molecule has 4 N–H and O–H groups in total. The molecule has 0 aromatic heterocycles. The molecule has 2 heterocycles. The fourth-order valence-corrected chi connectivity index (χ4v) is 11.5. The van der Waals surface area contributed by atoms with Gasteiger partial charge in [-0.05, 0) is 138 Å². The summed E-state index contributed by atoms with van der Waals surface area (Å²) in [6.45, 7) is 13.1. The van der Waals surface area contributed by atoms with E-state index in [1.54, 1.807) is 34.1 Å². The van der Waals surface area contributed by atoms with Crippen molar-refractivity contribution >= 4 is 35.0 Å². The van der Waals surface area contributed by atoms with Gasteiger partial charge in [0.1, 0.15) is 29.7 Å². The summed E-state index contributed by atoms with van der Waals surface area (Å²) in [5.41, 5.74) is 5.00. The van der Waals surface area contributed by atoms with Crippen molar-refractivity contribution in [2.45, 2.75) is 181 Å². The minimum atomic E-state index is -1.91. The van der Waals surface area contributed by atoms with E-state index in [0.717, 1.165) is 18.4 Å². The summed E-state index contributed by atoms with van der Waals surface area (Å²) in [7, 11) is 4.62. The summed E-state index contributed by atoms with van der Waals surface area (Å²) in [6.07, 6.45) is 14.7. The van der Waals surface area contributed by atoms with Crippen molar-refractivity contribution in [3.8, 4) is 0 Å². The van der Waals surface area contributed by atoms with Crippen LogP contribution in [0.25, 0.3) is 0 Å². The molecule has 3 fully saturated rings. The molecule has 69 heavy (non-hydrogen) atoms. The third-order valence-electron chi connectivity index (χ3n) is 16.1. The number of ketones is 4. The molecule has 0 radical (unpaired) electrons. The van der Waals surface area contributed by atoms with Gasteiger partial charge in [-0.2, -0.15) is 0 Å². The van der Waals surface area contributed by atoms with Crippen LogP contribution in [0.3, 0.4) is 0 Å². The number of aliphatic hydroxyl groups excluding tert-OH is 1. The first kappa shape index (κ1) is 57.9. The minimum Gasteiger partial charge on any atom is -0.459 e. The SMILES string of the molecule is CO[C@H]1C[C@@H]2CC[C@@H](C)[C@@](O)(C2)C(=O)C(=O)N2CCCC[C@H]2C(=O)C[C@H]([C@H](C)CC2CC[C@@H](OC(=O)CN)[C@H](OC)C2)CC(=O)[C@H](C)/C=C(\C)[C@@H](O)[C@@H](OC)C(=O)[C@H](C)C[C@H](C)/C=C/C=CC=C1C. The average molecular weight is 967 g/mol. The van der Waals surface area contributed by atoms with E-state index >= 15 is 0 Å². The normalized spacial score (nSPS) is 37.6. The third-order valence-corrected chi connectivity index (χ3v) is 16.1. The number of hydrogen-bond donors (Lipinski definition) is 3. The van der Waals surface area contributed by atoms with Gasteiger partial charge in [-0.1, -0.05) is 71.1 Å². The number of aliphatic hydroxyl groups is 2. The van der Waals surface area contributed by atoms with E-state index in [1.807, 2.05) is 65.0 Å². The standard InChI is InChI=1S/C55H86N2O12/c1-33-16-12-11-13-17-34(2)47(66-8)28-41-20-19-39(7)55(65,31-41)53(63)54(64)57-23-15-14-18-43(57)45(59)30-42(35(3)26-40-21-22-46(48(27-40)67-9)69-49(60)32-56)29-44(58)36(4)25-38(6)51(62)52(68-10)50(61)37(5)24-33/h11-13,16-17,25,33,35-37,39-43,46-48,51-52,62,65H,14-15,18-24,26-32,56H2,1-10H3/b13-11?,16-12+,34-17?,38-25+/t33-,35-,36-,37-,39-,40?,41+,42-,43+,46-,47+,48-,51-,52+,55+/m1/s1. The number of nitrogens with two attached hydrogens (primary N) is 1. The Morgan fingerprint density at radius 2 is 1.55 bits per heavy atom. The summed E-state index contributed by atoms with van der Waals surface area (Å²) < 4.78 is 22.9. The number of esters is 1. The van der Waals surface area contributed by atoms with E-state index in [0.29, 0.717) is 63.4 Å².